The van der Waals surface area contributed by atoms with Crippen LogP contribution < -0.4 is 0 Å². The molecule has 0 radical (unpaired) electrons. The number of fused-ring (bicyclic) bond motifs is 2. The highest BCUT2D eigenvalue weighted by molar-refractivity contribution is 5.71. The average Bonchev–Trinajstić information content (AvgIpc) is 3.00. The zero-order chi connectivity index (χ0) is 13.7. The maximum atomic E-state index is 11.3. The quantitative estimate of drug-likeness (QED) is 0.911. The number of aryl methyl sites for hydroxylation is 2. The summed E-state index contributed by atoms with van der Waals surface area (Å²) in [5.41, 5.74) is 1.21. The van der Waals surface area contributed by atoms with E-state index in [1.165, 1.54) is 5.56 Å². The molecule has 1 aromatic rings. The monoisotopic (exact) mass is 263 g/mol. The summed E-state index contributed by atoms with van der Waals surface area (Å²) in [6.07, 6.45) is 2.96. The first-order valence-electron chi connectivity index (χ1n) is 7.06. The van der Waals surface area contributed by atoms with Crippen LogP contribution in [0.15, 0.2) is 10.5 Å². The Hall–Kier alpha value is -1.29. The number of rotatable bonds is 3. The molecule has 2 aliphatic rings. The molecule has 104 valence electrons. The van der Waals surface area contributed by atoms with Gasteiger partial charge in [-0.25, -0.2) is 0 Å². The zero-order valence-electron chi connectivity index (χ0n) is 11.7. The third-order valence-electron chi connectivity index (χ3n) is 4.88. The molecule has 0 saturated carbocycles. The first-order valence-corrected chi connectivity index (χ1v) is 7.06. The second kappa shape index (κ2) is 4.37. The summed E-state index contributed by atoms with van der Waals surface area (Å²) in [6, 6.07) is 2.97. The van der Waals surface area contributed by atoms with E-state index in [0.717, 1.165) is 30.8 Å². The molecule has 1 aromatic heterocycles. The van der Waals surface area contributed by atoms with E-state index < -0.39 is 5.97 Å². The molecule has 4 heteroatoms. The number of furan rings is 1. The lowest BCUT2D eigenvalue weighted by Gasteiger charge is -2.29. The maximum Gasteiger partial charge on any atom is 0.308 e. The van der Waals surface area contributed by atoms with Crippen molar-refractivity contribution in [2.45, 2.75) is 58.2 Å². The Morgan fingerprint density at radius 2 is 2.21 bits per heavy atom. The lowest BCUT2D eigenvalue weighted by molar-refractivity contribution is -0.142. The molecule has 2 fully saturated rings. The Bertz CT molecular complexity index is 507. The molecule has 0 amide bonds. The first kappa shape index (κ1) is 12.7. The van der Waals surface area contributed by atoms with E-state index in [-0.39, 0.29) is 18.0 Å². The molecule has 19 heavy (non-hydrogen) atoms. The fourth-order valence-corrected chi connectivity index (χ4v) is 4.13. The minimum Gasteiger partial charge on any atom is -0.481 e. The maximum absolute atomic E-state index is 11.3. The average molecular weight is 263 g/mol. The van der Waals surface area contributed by atoms with Gasteiger partial charge in [0.15, 0.2) is 0 Å². The molecule has 4 atom stereocenters. The number of aliphatic carboxylic acids is 1. The van der Waals surface area contributed by atoms with Gasteiger partial charge in [-0.3, -0.25) is 9.69 Å². The fraction of sp³-hybridized carbons (Fsp3) is 0.667. The van der Waals surface area contributed by atoms with Gasteiger partial charge in [0.2, 0.25) is 0 Å². The van der Waals surface area contributed by atoms with E-state index in [2.05, 4.69) is 17.9 Å². The summed E-state index contributed by atoms with van der Waals surface area (Å²) in [5, 5.41) is 9.32. The van der Waals surface area contributed by atoms with Crippen molar-refractivity contribution in [2.75, 3.05) is 0 Å². The standard InChI is InChI=1S/C15H21NO3/c1-8-6-12(10(3)19-8)9(2)16-11-4-5-14(16)13(7-11)15(17)18/h6,9,11,13-14H,4-5,7H2,1-3H3,(H,17,18). The Kier molecular flexibility index (Phi) is 2.93. The summed E-state index contributed by atoms with van der Waals surface area (Å²) < 4.78 is 5.62. The zero-order valence-corrected chi connectivity index (χ0v) is 11.7. The summed E-state index contributed by atoms with van der Waals surface area (Å²) in [7, 11) is 0. The Morgan fingerprint density at radius 3 is 2.74 bits per heavy atom. The van der Waals surface area contributed by atoms with E-state index >= 15 is 0 Å². The van der Waals surface area contributed by atoms with Gasteiger partial charge in [0.1, 0.15) is 11.5 Å². The predicted octanol–water partition coefficient (Wildman–Crippen LogP) is 2.89. The van der Waals surface area contributed by atoms with Crippen LogP contribution in [0.25, 0.3) is 0 Å². The number of nitrogens with zero attached hydrogens (tertiary/aromatic N) is 1. The van der Waals surface area contributed by atoms with Gasteiger partial charge in [0.25, 0.3) is 0 Å². The Balaban J connectivity index is 1.87. The fourth-order valence-electron chi connectivity index (χ4n) is 4.13. The summed E-state index contributed by atoms with van der Waals surface area (Å²) in [6.45, 7) is 6.13. The molecule has 0 aliphatic carbocycles. The van der Waals surface area contributed by atoms with Gasteiger partial charge < -0.3 is 9.52 Å². The van der Waals surface area contributed by atoms with Crippen LogP contribution in [0.3, 0.4) is 0 Å². The van der Waals surface area contributed by atoms with Crippen molar-refractivity contribution >= 4 is 5.97 Å². The van der Waals surface area contributed by atoms with Crippen LogP contribution in [0.1, 0.15) is 49.3 Å². The van der Waals surface area contributed by atoms with E-state index in [4.69, 9.17) is 4.42 Å². The first-order chi connectivity index (χ1) is 8.99. The van der Waals surface area contributed by atoms with E-state index in [9.17, 15) is 9.90 Å². The van der Waals surface area contributed by atoms with Crippen LogP contribution in [-0.2, 0) is 4.79 Å². The minimum absolute atomic E-state index is 0.186. The molecule has 4 unspecified atom stereocenters. The van der Waals surface area contributed by atoms with Crippen LogP contribution in [0, 0.1) is 19.8 Å². The second-order valence-electron chi connectivity index (χ2n) is 5.97. The third-order valence-corrected chi connectivity index (χ3v) is 4.88. The molecule has 0 spiro atoms. The number of carboxylic acid groups (broad SMARTS) is 1. The van der Waals surface area contributed by atoms with E-state index in [1.807, 2.05) is 13.8 Å². The highest BCUT2D eigenvalue weighted by Gasteiger charge is 2.51. The number of carbonyl (C=O) groups is 1. The number of hydrogen-bond donors (Lipinski definition) is 1. The van der Waals surface area contributed by atoms with Crippen molar-refractivity contribution in [3.63, 3.8) is 0 Å². The summed E-state index contributed by atoms with van der Waals surface area (Å²) in [5.74, 6) is 1.07. The van der Waals surface area contributed by atoms with Gasteiger partial charge in [-0.1, -0.05) is 0 Å². The second-order valence-corrected chi connectivity index (χ2v) is 5.97. The molecule has 2 saturated heterocycles. The largest absolute Gasteiger partial charge is 0.481 e. The molecule has 2 aliphatic heterocycles. The Morgan fingerprint density at radius 1 is 1.47 bits per heavy atom. The lowest BCUT2D eigenvalue weighted by atomic mass is 9.89. The number of carboxylic acids is 1. The molecular weight excluding hydrogens is 242 g/mol. The predicted molar refractivity (Wildman–Crippen MR) is 71.0 cm³/mol. The normalized spacial score (nSPS) is 31.8. The molecule has 3 heterocycles. The smallest absolute Gasteiger partial charge is 0.308 e. The van der Waals surface area contributed by atoms with Gasteiger partial charge in [0.05, 0.1) is 5.92 Å². The topological polar surface area (TPSA) is 53.7 Å². The molecule has 2 bridgehead atoms. The van der Waals surface area contributed by atoms with Gasteiger partial charge >= 0.3 is 5.97 Å². The van der Waals surface area contributed by atoms with Gasteiger partial charge in [-0.15, -0.1) is 0 Å². The van der Waals surface area contributed by atoms with Crippen LogP contribution in [-0.4, -0.2) is 28.1 Å². The van der Waals surface area contributed by atoms with Crippen molar-refractivity contribution < 1.29 is 14.3 Å². The molecule has 4 nitrogen and oxygen atoms in total. The van der Waals surface area contributed by atoms with Crippen molar-refractivity contribution in [3.05, 3.63) is 23.2 Å². The minimum atomic E-state index is -0.635. The highest BCUT2D eigenvalue weighted by Crippen LogP contribution is 2.47. The molecular formula is C15H21NO3. The Labute approximate surface area is 113 Å². The number of hydrogen-bond acceptors (Lipinski definition) is 3. The van der Waals surface area contributed by atoms with Crippen molar-refractivity contribution in [1.82, 2.24) is 4.90 Å². The highest BCUT2D eigenvalue weighted by atomic mass is 16.4. The van der Waals surface area contributed by atoms with Crippen LogP contribution in [0.2, 0.25) is 0 Å². The van der Waals surface area contributed by atoms with Gasteiger partial charge in [-0.05, 0) is 46.1 Å². The molecule has 3 rings (SSSR count). The van der Waals surface area contributed by atoms with Crippen LogP contribution >= 0.6 is 0 Å². The van der Waals surface area contributed by atoms with E-state index in [0.29, 0.717) is 6.04 Å². The van der Waals surface area contributed by atoms with Gasteiger partial charge in [-0.2, -0.15) is 0 Å². The molecule has 0 aromatic carbocycles. The molecule has 1 N–H and O–H groups in total. The SMILES string of the molecule is Cc1cc(C(C)N2C3CCC2C(C(=O)O)C3)c(C)o1. The summed E-state index contributed by atoms with van der Waals surface area (Å²) in [4.78, 5) is 13.7. The third kappa shape index (κ3) is 1.89. The van der Waals surface area contributed by atoms with Gasteiger partial charge in [0, 0.05) is 23.7 Å². The van der Waals surface area contributed by atoms with E-state index in [1.54, 1.807) is 0 Å². The summed E-state index contributed by atoms with van der Waals surface area (Å²) >= 11 is 0. The van der Waals surface area contributed by atoms with Crippen molar-refractivity contribution in [1.29, 1.82) is 0 Å². The van der Waals surface area contributed by atoms with Crippen LogP contribution in [0.4, 0.5) is 0 Å². The lowest BCUT2D eigenvalue weighted by Crippen LogP contribution is -2.35. The van der Waals surface area contributed by atoms with Crippen molar-refractivity contribution in [3.8, 4) is 0 Å². The van der Waals surface area contributed by atoms with Crippen molar-refractivity contribution in [2.24, 2.45) is 5.92 Å². The van der Waals surface area contributed by atoms with Crippen LogP contribution in [0.5, 0.6) is 0 Å².